The highest BCUT2D eigenvalue weighted by atomic mass is 35.5. The summed E-state index contributed by atoms with van der Waals surface area (Å²) in [6, 6.07) is 3.26. The second-order valence-electron chi connectivity index (χ2n) is 4.83. The van der Waals surface area contributed by atoms with E-state index >= 15 is 0 Å². The highest BCUT2D eigenvalue weighted by molar-refractivity contribution is 7.12. The van der Waals surface area contributed by atoms with E-state index in [0.717, 1.165) is 0 Å². The van der Waals surface area contributed by atoms with E-state index in [0.29, 0.717) is 32.2 Å². The number of fused-ring (bicyclic) bond motifs is 1. The Balaban J connectivity index is 1.74. The van der Waals surface area contributed by atoms with E-state index in [1.807, 2.05) is 0 Å². The van der Waals surface area contributed by atoms with Gasteiger partial charge in [-0.05, 0) is 12.1 Å². The average molecular weight is 380 g/mol. The topological polar surface area (TPSA) is 111 Å². The maximum absolute atomic E-state index is 12.7. The highest BCUT2D eigenvalue weighted by Gasteiger charge is 2.20. The number of nitrogens with one attached hydrogen (secondary N) is 1. The first-order valence-electron chi connectivity index (χ1n) is 6.58. The third kappa shape index (κ3) is 2.44. The molecule has 4 rings (SSSR count). The molecule has 0 aliphatic heterocycles. The van der Waals surface area contributed by atoms with Gasteiger partial charge in [-0.1, -0.05) is 28.3 Å². The fourth-order valence-corrected chi connectivity index (χ4v) is 3.31. The number of carbonyl (C=O) groups excluding carboxylic acids is 1. The number of aromatic amines is 1. The number of benzene rings is 1. The molecule has 0 saturated heterocycles. The molecule has 3 aromatic heterocycles. The molecule has 0 spiro atoms. The van der Waals surface area contributed by atoms with Crippen molar-refractivity contribution in [3.63, 3.8) is 0 Å². The van der Waals surface area contributed by atoms with E-state index in [9.17, 15) is 4.79 Å². The lowest BCUT2D eigenvalue weighted by atomic mass is 10.1. The minimum Gasteiger partial charge on any atom is -0.402 e. The summed E-state index contributed by atoms with van der Waals surface area (Å²) in [4.78, 5) is 20.0. The van der Waals surface area contributed by atoms with Crippen molar-refractivity contribution < 1.29 is 9.21 Å². The average Bonchev–Trinajstić information content (AvgIpc) is 3.26. The summed E-state index contributed by atoms with van der Waals surface area (Å²) in [7, 11) is 0. The van der Waals surface area contributed by atoms with Gasteiger partial charge in [0.15, 0.2) is 5.01 Å². The fourth-order valence-electron chi connectivity index (χ4n) is 2.23. The van der Waals surface area contributed by atoms with Crippen molar-refractivity contribution in [3.05, 3.63) is 44.3 Å². The van der Waals surface area contributed by atoms with E-state index in [-0.39, 0.29) is 22.7 Å². The molecule has 24 heavy (non-hydrogen) atoms. The quantitative estimate of drug-likeness (QED) is 0.523. The standard InChI is InChI=1S/C14H7Cl2N5O2S/c15-7-1-5-6(3-18-9(5)2-8(7)16)11(22)13-19-10(4-24-13)12-20-21-14(17)23-12/h1-4,18H,(H2,17,21). The van der Waals surface area contributed by atoms with E-state index in [4.69, 9.17) is 33.4 Å². The molecule has 4 aromatic rings. The largest absolute Gasteiger partial charge is 0.402 e. The molecular weight excluding hydrogens is 373 g/mol. The van der Waals surface area contributed by atoms with Gasteiger partial charge in [0.2, 0.25) is 5.78 Å². The van der Waals surface area contributed by atoms with Crippen molar-refractivity contribution in [1.29, 1.82) is 0 Å². The van der Waals surface area contributed by atoms with Crippen LogP contribution in [-0.4, -0.2) is 25.9 Å². The third-order valence-corrected chi connectivity index (χ3v) is 4.89. The molecule has 0 aliphatic carbocycles. The van der Waals surface area contributed by atoms with Gasteiger partial charge in [0, 0.05) is 22.5 Å². The summed E-state index contributed by atoms with van der Waals surface area (Å²) >= 11 is 13.2. The molecule has 3 N–H and O–H groups in total. The number of hydrogen-bond donors (Lipinski definition) is 2. The van der Waals surface area contributed by atoms with Crippen LogP contribution in [0.25, 0.3) is 22.5 Å². The van der Waals surface area contributed by atoms with Crippen LogP contribution in [0.15, 0.2) is 28.1 Å². The first kappa shape index (κ1) is 15.1. The van der Waals surface area contributed by atoms with Crippen molar-refractivity contribution >= 4 is 57.2 Å². The molecule has 7 nitrogen and oxygen atoms in total. The lowest BCUT2D eigenvalue weighted by molar-refractivity contribution is 0.104. The molecule has 3 heterocycles. The van der Waals surface area contributed by atoms with Crippen LogP contribution < -0.4 is 5.73 Å². The van der Waals surface area contributed by atoms with Gasteiger partial charge in [-0.2, -0.15) is 0 Å². The highest BCUT2D eigenvalue weighted by Crippen LogP contribution is 2.31. The number of anilines is 1. The molecule has 0 amide bonds. The molecule has 0 aliphatic rings. The van der Waals surface area contributed by atoms with Gasteiger partial charge in [0.25, 0.3) is 5.89 Å². The predicted octanol–water partition coefficient (Wildman–Crippen LogP) is 3.79. The van der Waals surface area contributed by atoms with Gasteiger partial charge < -0.3 is 15.1 Å². The van der Waals surface area contributed by atoms with Crippen molar-refractivity contribution in [1.82, 2.24) is 20.2 Å². The minimum atomic E-state index is -0.247. The number of rotatable bonds is 3. The number of hydrogen-bond acceptors (Lipinski definition) is 7. The van der Waals surface area contributed by atoms with Crippen LogP contribution in [-0.2, 0) is 0 Å². The van der Waals surface area contributed by atoms with E-state index < -0.39 is 0 Å². The monoisotopic (exact) mass is 379 g/mol. The number of H-pyrrole nitrogens is 1. The van der Waals surface area contributed by atoms with Gasteiger partial charge >= 0.3 is 6.01 Å². The van der Waals surface area contributed by atoms with Gasteiger partial charge in [-0.3, -0.25) is 4.79 Å². The van der Waals surface area contributed by atoms with Crippen LogP contribution in [0.4, 0.5) is 6.01 Å². The zero-order chi connectivity index (χ0) is 16.8. The Labute approximate surface area is 148 Å². The van der Waals surface area contributed by atoms with Crippen LogP contribution in [0.5, 0.6) is 0 Å². The smallest absolute Gasteiger partial charge is 0.313 e. The molecule has 10 heteroatoms. The van der Waals surface area contributed by atoms with Crippen LogP contribution in [0, 0.1) is 0 Å². The Morgan fingerprint density at radius 2 is 2.04 bits per heavy atom. The molecule has 0 saturated carbocycles. The number of nitrogens with zero attached hydrogens (tertiary/aromatic N) is 3. The zero-order valence-corrected chi connectivity index (χ0v) is 14.0. The van der Waals surface area contributed by atoms with Crippen molar-refractivity contribution in [2.24, 2.45) is 0 Å². The van der Waals surface area contributed by atoms with Crippen LogP contribution in [0.1, 0.15) is 15.4 Å². The zero-order valence-electron chi connectivity index (χ0n) is 11.7. The fraction of sp³-hybridized carbons (Fsp3) is 0. The number of nitrogens with two attached hydrogens (primary N) is 1. The second kappa shape index (κ2) is 5.59. The van der Waals surface area contributed by atoms with Gasteiger partial charge in [0.05, 0.1) is 15.6 Å². The van der Waals surface area contributed by atoms with Gasteiger partial charge in [0.1, 0.15) is 5.69 Å². The number of aromatic nitrogens is 4. The van der Waals surface area contributed by atoms with Crippen molar-refractivity contribution in [2.75, 3.05) is 5.73 Å². The Hall–Kier alpha value is -2.42. The van der Waals surface area contributed by atoms with E-state index in [2.05, 4.69) is 20.2 Å². The lowest BCUT2D eigenvalue weighted by Gasteiger charge is -1.98. The number of thiazole rings is 1. The summed E-state index contributed by atoms with van der Waals surface area (Å²) in [5.74, 6) is -0.0834. The summed E-state index contributed by atoms with van der Waals surface area (Å²) in [5.41, 5.74) is 6.96. The molecular formula is C14H7Cl2N5O2S. The maximum Gasteiger partial charge on any atom is 0.313 e. The van der Waals surface area contributed by atoms with Crippen LogP contribution in [0.2, 0.25) is 10.0 Å². The van der Waals surface area contributed by atoms with Crippen LogP contribution in [0.3, 0.4) is 0 Å². The summed E-state index contributed by atoms with van der Waals surface area (Å²) in [6.07, 6.45) is 1.60. The van der Waals surface area contributed by atoms with Gasteiger partial charge in [-0.25, -0.2) is 4.98 Å². The first-order valence-corrected chi connectivity index (χ1v) is 8.22. The molecule has 0 bridgehead atoms. The number of ketones is 1. The van der Waals surface area contributed by atoms with Crippen molar-refractivity contribution in [2.45, 2.75) is 0 Å². The second-order valence-corrected chi connectivity index (χ2v) is 6.50. The molecule has 0 fully saturated rings. The SMILES string of the molecule is Nc1nnc(-c2csc(C(=O)c3c[nH]c4cc(Cl)c(Cl)cc34)n2)o1. The lowest BCUT2D eigenvalue weighted by Crippen LogP contribution is -1.99. The summed E-state index contributed by atoms with van der Waals surface area (Å²) < 4.78 is 5.10. The molecule has 0 unspecified atom stereocenters. The number of carbonyl (C=O) groups is 1. The molecule has 0 atom stereocenters. The molecule has 0 radical (unpaired) electrons. The maximum atomic E-state index is 12.7. The summed E-state index contributed by atoms with van der Waals surface area (Å²) in [5, 5.41) is 10.7. The van der Waals surface area contributed by atoms with E-state index in [1.54, 1.807) is 23.7 Å². The molecule has 1 aromatic carbocycles. The minimum absolute atomic E-state index is 0.0611. The normalized spacial score (nSPS) is 11.2. The summed E-state index contributed by atoms with van der Waals surface area (Å²) in [6.45, 7) is 0. The number of halogens is 2. The Bertz CT molecular complexity index is 1080. The Morgan fingerprint density at radius 3 is 2.79 bits per heavy atom. The van der Waals surface area contributed by atoms with E-state index in [1.165, 1.54) is 11.3 Å². The molecule has 120 valence electrons. The number of nitrogen functional groups attached to an aromatic ring is 1. The van der Waals surface area contributed by atoms with Crippen LogP contribution >= 0.6 is 34.5 Å². The van der Waals surface area contributed by atoms with Crippen molar-refractivity contribution in [3.8, 4) is 11.6 Å². The third-order valence-electron chi connectivity index (χ3n) is 3.33. The van der Waals surface area contributed by atoms with Gasteiger partial charge in [-0.15, -0.1) is 16.4 Å². The first-order chi connectivity index (χ1) is 11.5. The Kier molecular flexibility index (Phi) is 3.52. The Morgan fingerprint density at radius 1 is 1.25 bits per heavy atom. The predicted molar refractivity (Wildman–Crippen MR) is 91.6 cm³/mol.